The van der Waals surface area contributed by atoms with Gasteiger partial charge in [-0.2, -0.15) is 14.7 Å². The summed E-state index contributed by atoms with van der Waals surface area (Å²) in [6, 6.07) is 6.27. The molecule has 0 bridgehead atoms. The van der Waals surface area contributed by atoms with E-state index in [1.54, 1.807) is 15.9 Å². The number of piperazine rings is 1. The summed E-state index contributed by atoms with van der Waals surface area (Å²) in [4.78, 5) is 6.08. The van der Waals surface area contributed by atoms with Crippen molar-refractivity contribution >= 4 is 22.7 Å². The first-order chi connectivity index (χ1) is 13.3. The van der Waals surface area contributed by atoms with E-state index in [0.717, 1.165) is 55.6 Å². The highest BCUT2D eigenvalue weighted by Crippen LogP contribution is 2.27. The number of aromatic amines is 1. The summed E-state index contributed by atoms with van der Waals surface area (Å²) in [5.41, 5.74) is 4.31. The van der Waals surface area contributed by atoms with Crippen LogP contribution in [0.3, 0.4) is 0 Å². The number of anilines is 1. The van der Waals surface area contributed by atoms with Gasteiger partial charge in [0.25, 0.3) is 0 Å². The van der Waals surface area contributed by atoms with E-state index in [1.807, 2.05) is 19.3 Å². The normalized spacial score (nSPS) is 15.7. The number of nitrogens with one attached hydrogen (secondary N) is 1. The van der Waals surface area contributed by atoms with Gasteiger partial charge in [0.2, 0.25) is 0 Å². The molecule has 1 N–H and O–H groups in total. The highest BCUT2D eigenvalue weighted by molar-refractivity contribution is 7.13. The molecule has 0 aliphatic carbocycles. The number of hydrogen-bond donors (Lipinski definition) is 1. The Morgan fingerprint density at radius 3 is 2.85 bits per heavy atom. The Kier molecular flexibility index (Phi) is 4.10. The summed E-state index contributed by atoms with van der Waals surface area (Å²) in [5.74, 6) is 0.808. The molecule has 27 heavy (non-hydrogen) atoms. The van der Waals surface area contributed by atoms with Crippen molar-refractivity contribution in [3.05, 3.63) is 47.4 Å². The average molecular weight is 380 g/mol. The van der Waals surface area contributed by atoms with Gasteiger partial charge in [-0.25, -0.2) is 0 Å². The van der Waals surface area contributed by atoms with Gasteiger partial charge in [-0.1, -0.05) is 6.07 Å². The molecule has 1 fully saturated rings. The number of rotatable bonds is 4. The molecule has 0 amide bonds. The summed E-state index contributed by atoms with van der Waals surface area (Å²) in [5, 5.41) is 22.2. The quantitative estimate of drug-likeness (QED) is 0.585. The standard InChI is InChI=1S/C18H20N8S/c1-13-21-22-17-9-15(11-20-26(13)17)25-6-4-24(5-7-25)12-14-10-19-23-18(14)16-3-2-8-27-16/h2-3,8-11H,4-7,12H2,1H3,(H,19,23). The van der Waals surface area contributed by atoms with Gasteiger partial charge in [-0.05, 0) is 18.4 Å². The zero-order chi connectivity index (χ0) is 18.2. The molecule has 5 rings (SSSR count). The minimum Gasteiger partial charge on any atom is -0.368 e. The van der Waals surface area contributed by atoms with Gasteiger partial charge >= 0.3 is 0 Å². The van der Waals surface area contributed by atoms with Gasteiger partial charge in [-0.15, -0.1) is 21.5 Å². The van der Waals surface area contributed by atoms with Gasteiger partial charge in [0.05, 0.1) is 28.7 Å². The number of aryl methyl sites for hydroxylation is 1. The topological polar surface area (TPSA) is 78.2 Å². The van der Waals surface area contributed by atoms with E-state index in [1.165, 1.54) is 10.4 Å². The van der Waals surface area contributed by atoms with Crippen molar-refractivity contribution in [2.24, 2.45) is 0 Å². The van der Waals surface area contributed by atoms with Crippen molar-refractivity contribution in [1.29, 1.82) is 0 Å². The number of nitrogens with zero attached hydrogens (tertiary/aromatic N) is 7. The van der Waals surface area contributed by atoms with E-state index in [4.69, 9.17) is 0 Å². The second kappa shape index (κ2) is 6.75. The average Bonchev–Trinajstić information content (AvgIpc) is 3.44. The van der Waals surface area contributed by atoms with Crippen molar-refractivity contribution < 1.29 is 0 Å². The fourth-order valence-corrected chi connectivity index (χ4v) is 4.29. The van der Waals surface area contributed by atoms with Crippen LogP contribution in [0.15, 0.2) is 36.0 Å². The van der Waals surface area contributed by atoms with Crippen LogP contribution < -0.4 is 4.90 Å². The maximum absolute atomic E-state index is 4.46. The highest BCUT2D eigenvalue weighted by atomic mass is 32.1. The predicted molar refractivity (Wildman–Crippen MR) is 105 cm³/mol. The molecular formula is C18H20N8S. The van der Waals surface area contributed by atoms with Gasteiger partial charge in [0, 0.05) is 44.4 Å². The SMILES string of the molecule is Cc1nnc2cc(N3CCN(Cc4cn[nH]c4-c4cccs4)CC3)cnn12. The van der Waals surface area contributed by atoms with Crippen LogP contribution in [0, 0.1) is 6.92 Å². The van der Waals surface area contributed by atoms with Crippen molar-refractivity contribution in [1.82, 2.24) is 34.9 Å². The van der Waals surface area contributed by atoms with Crippen molar-refractivity contribution in [3.63, 3.8) is 0 Å². The maximum Gasteiger partial charge on any atom is 0.179 e. The van der Waals surface area contributed by atoms with E-state index in [0.29, 0.717) is 0 Å². The minimum atomic E-state index is 0.798. The smallest absolute Gasteiger partial charge is 0.179 e. The molecule has 9 heteroatoms. The number of fused-ring (bicyclic) bond motifs is 1. The molecule has 8 nitrogen and oxygen atoms in total. The molecular weight excluding hydrogens is 360 g/mol. The Balaban J connectivity index is 1.26. The molecule has 0 unspecified atom stereocenters. The summed E-state index contributed by atoms with van der Waals surface area (Å²) in [7, 11) is 0. The van der Waals surface area contributed by atoms with Crippen molar-refractivity contribution in [2.45, 2.75) is 13.5 Å². The Morgan fingerprint density at radius 1 is 1.15 bits per heavy atom. The molecule has 0 radical (unpaired) electrons. The number of aromatic nitrogens is 6. The summed E-state index contributed by atoms with van der Waals surface area (Å²) < 4.78 is 1.77. The van der Waals surface area contributed by atoms with Crippen LogP contribution in [0.1, 0.15) is 11.4 Å². The largest absolute Gasteiger partial charge is 0.368 e. The van der Waals surface area contributed by atoms with E-state index < -0.39 is 0 Å². The molecule has 138 valence electrons. The van der Waals surface area contributed by atoms with Crippen LogP contribution in [0.5, 0.6) is 0 Å². The first-order valence-electron chi connectivity index (χ1n) is 8.99. The molecule has 0 saturated carbocycles. The van der Waals surface area contributed by atoms with E-state index in [-0.39, 0.29) is 0 Å². The molecule has 0 aromatic carbocycles. The van der Waals surface area contributed by atoms with E-state index in [2.05, 4.69) is 58.9 Å². The Morgan fingerprint density at radius 2 is 2.04 bits per heavy atom. The van der Waals surface area contributed by atoms with Gasteiger partial charge in [0.1, 0.15) is 0 Å². The molecule has 4 aromatic rings. The molecule has 5 heterocycles. The highest BCUT2D eigenvalue weighted by Gasteiger charge is 2.20. The second-order valence-corrected chi connectivity index (χ2v) is 7.69. The molecule has 4 aromatic heterocycles. The van der Waals surface area contributed by atoms with Crippen LogP contribution >= 0.6 is 11.3 Å². The minimum absolute atomic E-state index is 0.798. The lowest BCUT2D eigenvalue weighted by molar-refractivity contribution is 0.250. The summed E-state index contributed by atoms with van der Waals surface area (Å²) >= 11 is 1.74. The van der Waals surface area contributed by atoms with Gasteiger partial charge < -0.3 is 4.90 Å². The predicted octanol–water partition coefficient (Wildman–Crippen LogP) is 2.21. The summed E-state index contributed by atoms with van der Waals surface area (Å²) in [6.07, 6.45) is 3.86. The first kappa shape index (κ1) is 16.4. The number of H-pyrrole nitrogens is 1. The van der Waals surface area contributed by atoms with Crippen LogP contribution in [-0.2, 0) is 6.54 Å². The van der Waals surface area contributed by atoms with Crippen molar-refractivity contribution in [2.75, 3.05) is 31.1 Å². The third-order valence-electron chi connectivity index (χ3n) is 5.02. The van der Waals surface area contributed by atoms with Crippen LogP contribution in [0.2, 0.25) is 0 Å². The van der Waals surface area contributed by atoms with Crippen LogP contribution in [0.25, 0.3) is 16.2 Å². The molecule has 0 spiro atoms. The number of thiophene rings is 1. The fraction of sp³-hybridized carbons (Fsp3) is 0.333. The van der Waals surface area contributed by atoms with E-state index >= 15 is 0 Å². The first-order valence-corrected chi connectivity index (χ1v) is 9.87. The maximum atomic E-state index is 4.46. The third kappa shape index (κ3) is 3.08. The fourth-order valence-electron chi connectivity index (χ4n) is 3.54. The Labute approximate surface area is 160 Å². The Hall–Kier alpha value is -2.78. The zero-order valence-electron chi connectivity index (χ0n) is 15.0. The van der Waals surface area contributed by atoms with Crippen LogP contribution in [0.4, 0.5) is 5.69 Å². The zero-order valence-corrected chi connectivity index (χ0v) is 15.9. The van der Waals surface area contributed by atoms with Crippen molar-refractivity contribution in [3.8, 4) is 10.6 Å². The lowest BCUT2D eigenvalue weighted by Gasteiger charge is -2.35. The number of hydrogen-bond acceptors (Lipinski definition) is 7. The van der Waals surface area contributed by atoms with Gasteiger partial charge in [0.15, 0.2) is 11.5 Å². The lowest BCUT2D eigenvalue weighted by atomic mass is 10.2. The Bertz CT molecular complexity index is 1040. The molecule has 1 aliphatic rings. The van der Waals surface area contributed by atoms with Crippen LogP contribution in [-0.4, -0.2) is 61.1 Å². The molecule has 1 saturated heterocycles. The van der Waals surface area contributed by atoms with Gasteiger partial charge in [-0.3, -0.25) is 10.00 Å². The second-order valence-electron chi connectivity index (χ2n) is 6.74. The van der Waals surface area contributed by atoms with E-state index in [9.17, 15) is 0 Å². The molecule has 0 atom stereocenters. The third-order valence-corrected chi connectivity index (χ3v) is 5.91. The monoisotopic (exact) mass is 380 g/mol. The summed E-state index contributed by atoms with van der Waals surface area (Å²) in [6.45, 7) is 6.77. The lowest BCUT2D eigenvalue weighted by Crippen LogP contribution is -2.46. The molecule has 1 aliphatic heterocycles.